The maximum Gasteiger partial charge on any atom is 0.150 e. The monoisotopic (exact) mass is 438 g/mol. The maximum absolute atomic E-state index is 13.0. The summed E-state index contributed by atoms with van der Waals surface area (Å²) >= 11 is 0. The van der Waals surface area contributed by atoms with E-state index in [1.807, 2.05) is 42.9 Å². The number of aryl methyl sites for hydroxylation is 2. The molecule has 0 saturated heterocycles. The first kappa shape index (κ1) is 23.2. The van der Waals surface area contributed by atoms with E-state index in [-0.39, 0.29) is 0 Å². The predicted molar refractivity (Wildman–Crippen MR) is 131 cm³/mol. The molecule has 3 rings (SSSR count). The van der Waals surface area contributed by atoms with Crippen LogP contribution in [0.25, 0.3) is 11.1 Å². The van der Waals surface area contributed by atoms with Crippen molar-refractivity contribution in [1.29, 1.82) is 0 Å². The Morgan fingerprint density at radius 3 is 2.32 bits per heavy atom. The minimum atomic E-state index is -1.35. The number of aromatic nitrogens is 2. The first-order valence-corrected chi connectivity index (χ1v) is 11.9. The van der Waals surface area contributed by atoms with Gasteiger partial charge in [0.2, 0.25) is 0 Å². The molecule has 1 heterocycles. The first-order chi connectivity index (χ1) is 14.7. The van der Waals surface area contributed by atoms with Crippen molar-refractivity contribution >= 4 is 16.7 Å². The van der Waals surface area contributed by atoms with Crippen molar-refractivity contribution < 1.29 is 4.21 Å². The molecule has 0 bridgehead atoms. The van der Waals surface area contributed by atoms with Crippen LogP contribution < -0.4 is 4.72 Å². The molecule has 0 amide bonds. The Kier molecular flexibility index (Phi) is 7.34. The standard InChI is InChI=1S/C25H34N4OS/c1-17(2)14-24-25(19(4)29(7)26-24)27-31(30)23-12-10-20(11-13-23)21-9-8-18(3)22(15-21)16-28(5)6/h8-13,15,17,27H,14,16H2,1-7H3. The van der Waals surface area contributed by atoms with Gasteiger partial charge in [-0.25, -0.2) is 4.21 Å². The fourth-order valence-electron chi connectivity index (χ4n) is 3.62. The average Bonchev–Trinajstić information content (AvgIpc) is 2.96. The molecule has 3 aromatic rings. The lowest BCUT2D eigenvalue weighted by molar-refractivity contribution is 0.401. The van der Waals surface area contributed by atoms with E-state index >= 15 is 0 Å². The van der Waals surface area contributed by atoms with Crippen molar-refractivity contribution in [1.82, 2.24) is 14.7 Å². The SMILES string of the molecule is Cc1ccc(-c2ccc(S(=O)Nc3c(CC(C)C)nn(C)c3C)cc2)cc1CN(C)C. The van der Waals surface area contributed by atoms with Gasteiger partial charge in [-0.05, 0) is 80.7 Å². The quantitative estimate of drug-likeness (QED) is 0.532. The highest BCUT2D eigenvalue weighted by atomic mass is 32.2. The summed E-state index contributed by atoms with van der Waals surface area (Å²) in [5.41, 5.74) is 7.76. The third kappa shape index (κ3) is 5.63. The average molecular weight is 439 g/mol. The molecule has 166 valence electrons. The van der Waals surface area contributed by atoms with Gasteiger partial charge in [-0.1, -0.05) is 38.1 Å². The molecule has 2 aromatic carbocycles. The topological polar surface area (TPSA) is 50.2 Å². The lowest BCUT2D eigenvalue weighted by Gasteiger charge is -2.14. The summed E-state index contributed by atoms with van der Waals surface area (Å²) in [5.74, 6) is 0.481. The van der Waals surface area contributed by atoms with Gasteiger partial charge in [0, 0.05) is 13.6 Å². The lowest BCUT2D eigenvalue weighted by Crippen LogP contribution is -2.11. The number of hydrogen-bond acceptors (Lipinski definition) is 3. The van der Waals surface area contributed by atoms with E-state index in [0.29, 0.717) is 5.92 Å². The largest absolute Gasteiger partial charge is 0.305 e. The molecule has 0 spiro atoms. The van der Waals surface area contributed by atoms with Gasteiger partial charge >= 0.3 is 0 Å². The van der Waals surface area contributed by atoms with Crippen LogP contribution in [0.5, 0.6) is 0 Å². The summed E-state index contributed by atoms with van der Waals surface area (Å²) in [6.45, 7) is 9.39. The van der Waals surface area contributed by atoms with Crippen LogP contribution in [0.4, 0.5) is 5.69 Å². The molecular weight excluding hydrogens is 404 g/mol. The fourth-order valence-corrected chi connectivity index (χ4v) is 4.58. The van der Waals surface area contributed by atoms with Crippen molar-refractivity contribution in [3.05, 3.63) is 65.0 Å². The Labute approximate surface area is 189 Å². The molecule has 1 atom stereocenters. The summed E-state index contributed by atoms with van der Waals surface area (Å²) in [6, 6.07) is 14.5. The fraction of sp³-hybridized carbons (Fsp3) is 0.400. The van der Waals surface area contributed by atoms with Gasteiger partial charge in [-0.2, -0.15) is 5.10 Å². The Bertz CT molecular complexity index is 1070. The molecular formula is C25H34N4OS. The Morgan fingerprint density at radius 1 is 1.06 bits per heavy atom. The molecule has 1 N–H and O–H groups in total. The molecule has 0 aliphatic carbocycles. The molecule has 1 aromatic heterocycles. The molecule has 5 nitrogen and oxygen atoms in total. The molecule has 0 radical (unpaired) electrons. The van der Waals surface area contributed by atoms with Crippen molar-refractivity contribution in [2.45, 2.75) is 45.6 Å². The first-order valence-electron chi connectivity index (χ1n) is 10.7. The second-order valence-corrected chi connectivity index (χ2v) is 10.1. The van der Waals surface area contributed by atoms with Crippen LogP contribution >= 0.6 is 0 Å². The van der Waals surface area contributed by atoms with Crippen LogP contribution in [0.3, 0.4) is 0 Å². The van der Waals surface area contributed by atoms with Gasteiger partial charge in [0.05, 0.1) is 22.0 Å². The highest BCUT2D eigenvalue weighted by Gasteiger charge is 2.17. The van der Waals surface area contributed by atoms with E-state index in [1.165, 1.54) is 16.7 Å². The van der Waals surface area contributed by atoms with Gasteiger partial charge in [0.25, 0.3) is 0 Å². The Morgan fingerprint density at radius 2 is 1.71 bits per heavy atom. The molecule has 31 heavy (non-hydrogen) atoms. The molecule has 6 heteroatoms. The van der Waals surface area contributed by atoms with Crippen LogP contribution in [-0.4, -0.2) is 33.0 Å². The third-order valence-electron chi connectivity index (χ3n) is 5.44. The molecule has 0 aliphatic rings. The van der Waals surface area contributed by atoms with E-state index in [2.05, 4.69) is 67.8 Å². The van der Waals surface area contributed by atoms with Crippen LogP contribution in [-0.2, 0) is 31.0 Å². The number of rotatable bonds is 8. The number of anilines is 1. The van der Waals surface area contributed by atoms with Crippen LogP contribution in [0.15, 0.2) is 47.4 Å². The molecule has 0 saturated carbocycles. The van der Waals surface area contributed by atoms with E-state index in [4.69, 9.17) is 0 Å². The second kappa shape index (κ2) is 9.79. The van der Waals surface area contributed by atoms with Crippen LogP contribution in [0.1, 0.15) is 36.4 Å². The van der Waals surface area contributed by atoms with Crippen molar-refractivity contribution in [2.24, 2.45) is 13.0 Å². The van der Waals surface area contributed by atoms with Crippen molar-refractivity contribution in [3.8, 4) is 11.1 Å². The van der Waals surface area contributed by atoms with Gasteiger partial charge in [-0.15, -0.1) is 0 Å². The van der Waals surface area contributed by atoms with E-state index in [0.717, 1.165) is 40.5 Å². The van der Waals surface area contributed by atoms with E-state index < -0.39 is 11.0 Å². The summed E-state index contributed by atoms with van der Waals surface area (Å²) in [5, 5.41) is 4.60. The number of benzene rings is 2. The summed E-state index contributed by atoms with van der Waals surface area (Å²) in [7, 11) is 4.74. The Hall–Kier alpha value is -2.44. The summed E-state index contributed by atoms with van der Waals surface area (Å²) < 4.78 is 18.1. The third-order valence-corrected chi connectivity index (χ3v) is 6.53. The van der Waals surface area contributed by atoms with Gasteiger partial charge in [0.15, 0.2) is 0 Å². The minimum absolute atomic E-state index is 0.481. The smallest absolute Gasteiger partial charge is 0.150 e. The van der Waals surface area contributed by atoms with Gasteiger partial charge in [0.1, 0.15) is 11.0 Å². The van der Waals surface area contributed by atoms with Gasteiger partial charge in [-0.3, -0.25) is 9.40 Å². The lowest BCUT2D eigenvalue weighted by atomic mass is 9.99. The Balaban J connectivity index is 1.80. The van der Waals surface area contributed by atoms with Gasteiger partial charge < -0.3 is 4.90 Å². The molecule has 0 fully saturated rings. The predicted octanol–water partition coefficient (Wildman–Crippen LogP) is 5.10. The number of nitrogens with one attached hydrogen (secondary N) is 1. The van der Waals surface area contributed by atoms with Crippen molar-refractivity contribution in [2.75, 3.05) is 18.8 Å². The van der Waals surface area contributed by atoms with E-state index in [1.54, 1.807) is 0 Å². The van der Waals surface area contributed by atoms with Crippen LogP contribution in [0, 0.1) is 19.8 Å². The normalized spacial score (nSPS) is 12.5. The van der Waals surface area contributed by atoms with Crippen molar-refractivity contribution in [3.63, 3.8) is 0 Å². The summed E-state index contributed by atoms with van der Waals surface area (Å²) in [4.78, 5) is 2.93. The molecule has 1 unspecified atom stereocenters. The highest BCUT2D eigenvalue weighted by molar-refractivity contribution is 7.86. The van der Waals surface area contributed by atoms with E-state index in [9.17, 15) is 4.21 Å². The maximum atomic E-state index is 13.0. The minimum Gasteiger partial charge on any atom is -0.305 e. The zero-order chi connectivity index (χ0) is 22.7. The molecule has 0 aliphatic heterocycles. The zero-order valence-electron chi connectivity index (χ0n) is 19.7. The number of hydrogen-bond donors (Lipinski definition) is 1. The van der Waals surface area contributed by atoms with Crippen LogP contribution in [0.2, 0.25) is 0 Å². The summed E-state index contributed by atoms with van der Waals surface area (Å²) in [6.07, 6.45) is 0.850. The zero-order valence-corrected chi connectivity index (χ0v) is 20.5. The second-order valence-electron chi connectivity index (χ2n) is 8.90. The number of nitrogens with zero attached hydrogens (tertiary/aromatic N) is 3. The highest BCUT2D eigenvalue weighted by Crippen LogP contribution is 2.27.